The molecular formula is C25H19NOS. The maximum atomic E-state index is 10.8. The molecule has 4 rings (SSSR count). The van der Waals surface area contributed by atoms with Gasteiger partial charge in [-0.1, -0.05) is 54.6 Å². The summed E-state index contributed by atoms with van der Waals surface area (Å²) in [6.45, 7) is 0. The largest absolute Gasteiger partial charge is 0.311 e. The van der Waals surface area contributed by atoms with Gasteiger partial charge >= 0.3 is 0 Å². The monoisotopic (exact) mass is 381 g/mol. The van der Waals surface area contributed by atoms with Crippen molar-refractivity contribution in [3.63, 3.8) is 0 Å². The Morgan fingerprint density at radius 2 is 1.11 bits per heavy atom. The van der Waals surface area contributed by atoms with Gasteiger partial charge in [-0.25, -0.2) is 0 Å². The summed E-state index contributed by atoms with van der Waals surface area (Å²) >= 11 is 1.49. The van der Waals surface area contributed by atoms with E-state index in [1.807, 2.05) is 30.3 Å². The Bertz CT molecular complexity index is 1030. The zero-order valence-corrected chi connectivity index (χ0v) is 16.0. The molecule has 0 amide bonds. The molecule has 0 radical (unpaired) electrons. The van der Waals surface area contributed by atoms with Crippen molar-refractivity contribution in [1.82, 2.24) is 0 Å². The highest BCUT2D eigenvalue weighted by Gasteiger charge is 2.11. The average Bonchev–Trinajstić information content (AvgIpc) is 3.23. The molecule has 28 heavy (non-hydrogen) atoms. The molecule has 0 unspecified atom stereocenters. The lowest BCUT2D eigenvalue weighted by Gasteiger charge is -2.25. The van der Waals surface area contributed by atoms with Crippen molar-refractivity contribution < 1.29 is 4.79 Å². The molecule has 0 aliphatic heterocycles. The first-order chi connectivity index (χ1) is 13.8. The summed E-state index contributed by atoms with van der Waals surface area (Å²) in [6.07, 6.45) is 5.00. The van der Waals surface area contributed by atoms with Crippen LogP contribution in [0.25, 0.3) is 12.2 Å². The fourth-order valence-corrected chi connectivity index (χ4v) is 3.76. The second-order valence-corrected chi connectivity index (χ2v) is 7.44. The van der Waals surface area contributed by atoms with Crippen molar-refractivity contribution in [2.45, 2.75) is 0 Å². The molecule has 1 heterocycles. The fourth-order valence-electron chi connectivity index (χ4n) is 3.04. The molecule has 3 aromatic carbocycles. The Labute approximate surface area is 169 Å². The second kappa shape index (κ2) is 8.51. The molecule has 2 nitrogen and oxygen atoms in total. The summed E-state index contributed by atoms with van der Waals surface area (Å²) in [5, 5.41) is 0. The Morgan fingerprint density at radius 1 is 0.571 bits per heavy atom. The van der Waals surface area contributed by atoms with E-state index in [1.165, 1.54) is 11.3 Å². The normalized spacial score (nSPS) is 10.9. The minimum Gasteiger partial charge on any atom is -0.311 e. The molecule has 4 aromatic rings. The predicted molar refractivity (Wildman–Crippen MR) is 120 cm³/mol. The van der Waals surface area contributed by atoms with Crippen LogP contribution in [0.2, 0.25) is 0 Å². The summed E-state index contributed by atoms with van der Waals surface area (Å²) in [5.41, 5.74) is 4.47. The quantitative estimate of drug-likeness (QED) is 0.329. The molecule has 0 aliphatic rings. The fraction of sp³-hybridized carbons (Fsp3) is 0. The van der Waals surface area contributed by atoms with Gasteiger partial charge in [0.25, 0.3) is 0 Å². The molecule has 1 aromatic heterocycles. The van der Waals surface area contributed by atoms with Crippen LogP contribution in [0.15, 0.2) is 97.1 Å². The van der Waals surface area contributed by atoms with Crippen molar-refractivity contribution in [3.8, 4) is 0 Å². The third-order valence-electron chi connectivity index (χ3n) is 4.38. The first-order valence-electron chi connectivity index (χ1n) is 9.07. The molecule has 0 aliphatic carbocycles. The van der Waals surface area contributed by atoms with Gasteiger partial charge < -0.3 is 4.90 Å². The maximum absolute atomic E-state index is 10.8. The lowest BCUT2D eigenvalue weighted by molar-refractivity contribution is 0.112. The molecule has 0 spiro atoms. The second-order valence-electron chi connectivity index (χ2n) is 6.29. The third kappa shape index (κ3) is 4.11. The standard InChI is InChI=1S/C25H19NOS/c27-19-25-18-17-24(28-25)16-13-20-11-14-23(15-12-20)26(21-7-3-1-4-8-21)22-9-5-2-6-10-22/h1-19H. The lowest BCUT2D eigenvalue weighted by Crippen LogP contribution is -2.09. The number of carbonyl (C=O) groups excluding carboxylic acids is 1. The van der Waals surface area contributed by atoms with Gasteiger partial charge in [-0.15, -0.1) is 11.3 Å². The molecule has 0 bridgehead atoms. The summed E-state index contributed by atoms with van der Waals surface area (Å²) in [4.78, 5) is 14.9. The zero-order valence-electron chi connectivity index (χ0n) is 15.2. The number of hydrogen-bond acceptors (Lipinski definition) is 3. The van der Waals surface area contributed by atoms with Crippen LogP contribution in [-0.2, 0) is 0 Å². The van der Waals surface area contributed by atoms with Crippen LogP contribution >= 0.6 is 11.3 Å². The number of carbonyl (C=O) groups is 1. The minimum absolute atomic E-state index is 0.747. The molecule has 0 fully saturated rings. The summed E-state index contributed by atoms with van der Waals surface area (Å²) < 4.78 is 0. The van der Waals surface area contributed by atoms with Crippen molar-refractivity contribution in [2.75, 3.05) is 4.90 Å². The number of nitrogens with zero attached hydrogens (tertiary/aromatic N) is 1. The highest BCUT2D eigenvalue weighted by atomic mass is 32.1. The van der Waals surface area contributed by atoms with Gasteiger partial charge in [-0.05, 0) is 60.2 Å². The molecule has 3 heteroatoms. The van der Waals surface area contributed by atoms with E-state index < -0.39 is 0 Å². The summed E-state index contributed by atoms with van der Waals surface area (Å²) in [7, 11) is 0. The molecule has 136 valence electrons. The van der Waals surface area contributed by atoms with Crippen LogP contribution in [0.5, 0.6) is 0 Å². The van der Waals surface area contributed by atoms with Crippen LogP contribution in [0, 0.1) is 0 Å². The van der Waals surface area contributed by atoms with Crippen molar-refractivity contribution in [2.24, 2.45) is 0 Å². The molecular weight excluding hydrogens is 362 g/mol. The number of hydrogen-bond donors (Lipinski definition) is 0. The van der Waals surface area contributed by atoms with Gasteiger partial charge in [-0.2, -0.15) is 0 Å². The maximum Gasteiger partial charge on any atom is 0.160 e. The Kier molecular flexibility index (Phi) is 5.46. The van der Waals surface area contributed by atoms with Crippen LogP contribution in [0.3, 0.4) is 0 Å². The molecule has 0 saturated carbocycles. The van der Waals surface area contributed by atoms with E-state index in [-0.39, 0.29) is 0 Å². The van der Waals surface area contributed by atoms with Gasteiger partial charge in [-0.3, -0.25) is 4.79 Å². The van der Waals surface area contributed by atoms with E-state index in [9.17, 15) is 4.79 Å². The van der Waals surface area contributed by atoms with E-state index in [4.69, 9.17) is 0 Å². The van der Waals surface area contributed by atoms with E-state index in [0.29, 0.717) is 0 Å². The van der Waals surface area contributed by atoms with Gasteiger partial charge in [0.05, 0.1) is 4.88 Å². The van der Waals surface area contributed by atoms with E-state index in [1.54, 1.807) is 0 Å². The lowest BCUT2D eigenvalue weighted by atomic mass is 10.1. The molecule has 0 N–H and O–H groups in total. The topological polar surface area (TPSA) is 20.3 Å². The minimum atomic E-state index is 0.747. The summed E-state index contributed by atoms with van der Waals surface area (Å²) in [5.74, 6) is 0. The van der Waals surface area contributed by atoms with Crippen LogP contribution in [0.4, 0.5) is 17.1 Å². The van der Waals surface area contributed by atoms with Crippen LogP contribution in [0.1, 0.15) is 20.1 Å². The molecule has 0 saturated heterocycles. The van der Waals surface area contributed by atoms with Crippen molar-refractivity contribution in [1.29, 1.82) is 0 Å². The Hall–Kier alpha value is -3.43. The number of benzene rings is 3. The van der Waals surface area contributed by atoms with Crippen LogP contribution < -0.4 is 4.90 Å². The number of para-hydroxylation sites is 2. The Morgan fingerprint density at radius 3 is 1.64 bits per heavy atom. The van der Waals surface area contributed by atoms with Gasteiger partial charge in [0.1, 0.15) is 0 Å². The molecule has 0 atom stereocenters. The summed E-state index contributed by atoms with van der Waals surface area (Å²) in [6, 6.07) is 33.0. The van der Waals surface area contributed by atoms with E-state index >= 15 is 0 Å². The third-order valence-corrected chi connectivity index (χ3v) is 5.36. The van der Waals surface area contributed by atoms with Gasteiger partial charge in [0.15, 0.2) is 6.29 Å². The van der Waals surface area contributed by atoms with Gasteiger partial charge in [0, 0.05) is 21.9 Å². The zero-order chi connectivity index (χ0) is 19.2. The SMILES string of the molecule is O=Cc1ccc(C=Cc2ccc(N(c3ccccc3)c3ccccc3)cc2)s1. The average molecular weight is 382 g/mol. The van der Waals surface area contributed by atoms with E-state index in [0.717, 1.165) is 38.7 Å². The highest BCUT2D eigenvalue weighted by molar-refractivity contribution is 7.14. The van der Waals surface area contributed by atoms with Gasteiger partial charge in [0.2, 0.25) is 0 Å². The number of rotatable bonds is 6. The van der Waals surface area contributed by atoms with Crippen molar-refractivity contribution >= 4 is 46.8 Å². The Balaban J connectivity index is 1.62. The first-order valence-corrected chi connectivity index (χ1v) is 9.88. The van der Waals surface area contributed by atoms with Crippen molar-refractivity contribution in [3.05, 3.63) is 112 Å². The van der Waals surface area contributed by atoms with Crippen LogP contribution in [-0.4, -0.2) is 6.29 Å². The number of aldehydes is 1. The smallest absolute Gasteiger partial charge is 0.160 e. The number of thiophene rings is 1. The number of anilines is 3. The highest BCUT2D eigenvalue weighted by Crippen LogP contribution is 2.34. The predicted octanol–water partition coefficient (Wildman–Crippen LogP) is 7.20. The van der Waals surface area contributed by atoms with E-state index in [2.05, 4.69) is 83.8 Å². The first kappa shape index (κ1) is 18.0.